The number of para-hydroxylation sites is 1. The third-order valence-corrected chi connectivity index (χ3v) is 4.11. The highest BCUT2D eigenvalue weighted by Gasteiger charge is 2.28. The summed E-state index contributed by atoms with van der Waals surface area (Å²) in [4.78, 5) is 22.6. The van der Waals surface area contributed by atoms with Crippen molar-refractivity contribution in [3.63, 3.8) is 0 Å². The minimum atomic E-state index is -0.417. The Morgan fingerprint density at radius 2 is 1.96 bits per heavy atom. The molecule has 0 saturated carbocycles. The Hall–Kier alpha value is -3.09. The zero-order valence-corrected chi connectivity index (χ0v) is 13.9. The summed E-state index contributed by atoms with van der Waals surface area (Å²) in [5, 5.41) is 14.5. The molecule has 0 radical (unpaired) electrons. The largest absolute Gasteiger partial charge is 0.492 e. The van der Waals surface area contributed by atoms with Crippen LogP contribution in [-0.4, -0.2) is 35.5 Å². The van der Waals surface area contributed by atoms with Gasteiger partial charge in [-0.15, -0.1) is 0 Å². The molecule has 7 heteroatoms. The van der Waals surface area contributed by atoms with Gasteiger partial charge in [-0.3, -0.25) is 24.9 Å². The molecule has 1 saturated heterocycles. The number of nitrogens with zero attached hydrogens (tertiary/aromatic N) is 3. The van der Waals surface area contributed by atoms with Crippen LogP contribution in [0.15, 0.2) is 48.5 Å². The number of hydrogen-bond acceptors (Lipinski definition) is 5. The van der Waals surface area contributed by atoms with Gasteiger partial charge in [0.2, 0.25) is 5.91 Å². The number of nitro groups is 1. The number of aryl methyl sites for hydroxylation is 1. The topological polar surface area (TPSA) is 75.9 Å². The van der Waals surface area contributed by atoms with Crippen molar-refractivity contribution in [1.29, 1.82) is 0 Å². The second-order valence-electron chi connectivity index (χ2n) is 5.78. The summed E-state index contributed by atoms with van der Waals surface area (Å²) < 4.78 is 5.67. The number of nitro benzene ring substituents is 1. The van der Waals surface area contributed by atoms with Crippen molar-refractivity contribution in [3.05, 3.63) is 64.2 Å². The van der Waals surface area contributed by atoms with Crippen LogP contribution in [0.5, 0.6) is 5.75 Å². The second kappa shape index (κ2) is 7.21. The number of amides is 1. The van der Waals surface area contributed by atoms with Gasteiger partial charge >= 0.3 is 0 Å². The molecule has 1 amide bonds. The molecule has 2 aromatic rings. The molecule has 0 unspecified atom stereocenters. The summed E-state index contributed by atoms with van der Waals surface area (Å²) in [5.74, 6) is 0.619. The molecular formula is C18H19N3O4. The van der Waals surface area contributed by atoms with Gasteiger partial charge in [-0.05, 0) is 31.2 Å². The van der Waals surface area contributed by atoms with Crippen LogP contribution >= 0.6 is 0 Å². The molecule has 0 aromatic heterocycles. The van der Waals surface area contributed by atoms with E-state index in [0.717, 1.165) is 5.69 Å². The number of hydrazine groups is 1. The SMILES string of the molecule is Cc1cc(OCCN2C(=O)CCN2c2ccccc2)ccc1[N+](=O)[O-]. The molecule has 25 heavy (non-hydrogen) atoms. The first-order valence-corrected chi connectivity index (χ1v) is 8.07. The number of carbonyl (C=O) groups excluding carboxylic acids is 1. The average Bonchev–Trinajstić information content (AvgIpc) is 2.96. The molecule has 7 nitrogen and oxygen atoms in total. The summed E-state index contributed by atoms with van der Waals surface area (Å²) in [6.45, 7) is 3.06. The molecular weight excluding hydrogens is 322 g/mol. The van der Waals surface area contributed by atoms with E-state index in [9.17, 15) is 14.9 Å². The minimum absolute atomic E-state index is 0.0623. The first-order chi connectivity index (χ1) is 12.1. The van der Waals surface area contributed by atoms with E-state index in [1.165, 1.54) is 6.07 Å². The highest BCUT2D eigenvalue weighted by molar-refractivity contribution is 5.81. The molecule has 130 valence electrons. The normalized spacial score (nSPS) is 14.0. The molecule has 3 rings (SSSR count). The summed E-state index contributed by atoms with van der Waals surface area (Å²) >= 11 is 0. The average molecular weight is 341 g/mol. The van der Waals surface area contributed by atoms with E-state index in [1.54, 1.807) is 24.1 Å². The lowest BCUT2D eigenvalue weighted by Crippen LogP contribution is -2.41. The van der Waals surface area contributed by atoms with Gasteiger partial charge in [0.1, 0.15) is 12.4 Å². The van der Waals surface area contributed by atoms with Crippen molar-refractivity contribution >= 4 is 17.3 Å². The van der Waals surface area contributed by atoms with Gasteiger partial charge < -0.3 is 4.74 Å². The van der Waals surface area contributed by atoms with E-state index in [1.807, 2.05) is 35.3 Å². The van der Waals surface area contributed by atoms with Crippen LogP contribution in [0.3, 0.4) is 0 Å². The Morgan fingerprint density at radius 3 is 2.64 bits per heavy atom. The van der Waals surface area contributed by atoms with Crippen molar-refractivity contribution < 1.29 is 14.5 Å². The van der Waals surface area contributed by atoms with E-state index in [4.69, 9.17) is 4.74 Å². The van der Waals surface area contributed by atoms with Gasteiger partial charge in [0.05, 0.1) is 17.2 Å². The Kier molecular flexibility index (Phi) is 4.83. The first-order valence-electron chi connectivity index (χ1n) is 8.07. The molecule has 0 atom stereocenters. The lowest BCUT2D eigenvalue weighted by molar-refractivity contribution is -0.385. The fourth-order valence-corrected chi connectivity index (χ4v) is 2.87. The van der Waals surface area contributed by atoms with Gasteiger partial charge in [0.15, 0.2) is 0 Å². The Balaban J connectivity index is 1.62. The molecule has 1 aliphatic heterocycles. The van der Waals surface area contributed by atoms with Gasteiger partial charge in [0, 0.05) is 24.6 Å². The van der Waals surface area contributed by atoms with Crippen LogP contribution in [0.25, 0.3) is 0 Å². The Bertz CT molecular complexity index is 779. The fraction of sp³-hybridized carbons (Fsp3) is 0.278. The lowest BCUT2D eigenvalue weighted by Gasteiger charge is -2.29. The number of hydrogen-bond donors (Lipinski definition) is 0. The zero-order chi connectivity index (χ0) is 17.8. The molecule has 0 N–H and O–H groups in total. The molecule has 0 spiro atoms. The predicted molar refractivity (Wildman–Crippen MR) is 93.4 cm³/mol. The Morgan fingerprint density at radius 1 is 1.20 bits per heavy atom. The molecule has 1 aliphatic rings. The first kappa shape index (κ1) is 16.8. The van der Waals surface area contributed by atoms with Crippen LogP contribution in [0.2, 0.25) is 0 Å². The van der Waals surface area contributed by atoms with Crippen molar-refractivity contribution in [2.24, 2.45) is 0 Å². The molecule has 1 fully saturated rings. The number of ether oxygens (including phenoxy) is 1. The summed E-state index contributed by atoms with van der Waals surface area (Å²) in [6, 6.07) is 14.4. The van der Waals surface area contributed by atoms with Gasteiger partial charge in [-0.2, -0.15) is 0 Å². The maximum absolute atomic E-state index is 12.1. The van der Waals surface area contributed by atoms with Crippen LogP contribution in [-0.2, 0) is 4.79 Å². The third kappa shape index (κ3) is 3.71. The monoisotopic (exact) mass is 341 g/mol. The zero-order valence-electron chi connectivity index (χ0n) is 13.9. The van der Waals surface area contributed by atoms with E-state index in [2.05, 4.69) is 0 Å². The van der Waals surface area contributed by atoms with E-state index in [0.29, 0.717) is 37.4 Å². The summed E-state index contributed by atoms with van der Waals surface area (Å²) in [5.41, 5.74) is 1.59. The Labute approximate surface area is 145 Å². The molecule has 0 bridgehead atoms. The van der Waals surface area contributed by atoms with Gasteiger partial charge in [-0.25, -0.2) is 0 Å². The summed E-state index contributed by atoms with van der Waals surface area (Å²) in [7, 11) is 0. The van der Waals surface area contributed by atoms with Crippen LogP contribution in [0, 0.1) is 17.0 Å². The van der Waals surface area contributed by atoms with Gasteiger partial charge in [-0.1, -0.05) is 18.2 Å². The smallest absolute Gasteiger partial charge is 0.272 e. The number of carbonyl (C=O) groups is 1. The second-order valence-corrected chi connectivity index (χ2v) is 5.78. The van der Waals surface area contributed by atoms with Gasteiger partial charge in [0.25, 0.3) is 5.69 Å². The maximum Gasteiger partial charge on any atom is 0.272 e. The van der Waals surface area contributed by atoms with E-state index >= 15 is 0 Å². The lowest BCUT2D eigenvalue weighted by atomic mass is 10.2. The highest BCUT2D eigenvalue weighted by Crippen LogP contribution is 2.24. The van der Waals surface area contributed by atoms with E-state index in [-0.39, 0.29) is 11.6 Å². The molecule has 1 heterocycles. The molecule has 0 aliphatic carbocycles. The highest BCUT2D eigenvalue weighted by atomic mass is 16.6. The summed E-state index contributed by atoms with van der Waals surface area (Å²) in [6.07, 6.45) is 0.478. The van der Waals surface area contributed by atoms with Crippen molar-refractivity contribution in [3.8, 4) is 5.75 Å². The van der Waals surface area contributed by atoms with Crippen molar-refractivity contribution in [2.75, 3.05) is 24.7 Å². The van der Waals surface area contributed by atoms with Crippen LogP contribution in [0.1, 0.15) is 12.0 Å². The van der Waals surface area contributed by atoms with E-state index < -0.39 is 4.92 Å². The number of benzene rings is 2. The third-order valence-electron chi connectivity index (χ3n) is 4.11. The van der Waals surface area contributed by atoms with Crippen molar-refractivity contribution in [1.82, 2.24) is 5.01 Å². The number of rotatable bonds is 6. The maximum atomic E-state index is 12.1. The standard InChI is InChI=1S/C18H19N3O4/c1-14-13-16(7-8-17(14)21(23)24)25-12-11-20-18(22)9-10-19(20)15-5-3-2-4-6-15/h2-8,13H,9-12H2,1H3. The predicted octanol–water partition coefficient (Wildman–Crippen LogP) is 2.94. The molecule has 2 aromatic carbocycles. The fourth-order valence-electron chi connectivity index (χ4n) is 2.87. The minimum Gasteiger partial charge on any atom is -0.492 e. The van der Waals surface area contributed by atoms with Crippen LogP contribution < -0.4 is 9.75 Å². The quantitative estimate of drug-likeness (QED) is 0.596. The van der Waals surface area contributed by atoms with Crippen LogP contribution in [0.4, 0.5) is 11.4 Å². The van der Waals surface area contributed by atoms with Crippen molar-refractivity contribution in [2.45, 2.75) is 13.3 Å². The number of anilines is 1.